The van der Waals surface area contributed by atoms with Crippen LogP contribution in [0.1, 0.15) is 11.1 Å². The summed E-state index contributed by atoms with van der Waals surface area (Å²) in [5.74, 6) is -0.436. The zero-order chi connectivity index (χ0) is 19.9. The Balaban J connectivity index is 1.59. The predicted octanol–water partition coefficient (Wildman–Crippen LogP) is 5.52. The van der Waals surface area contributed by atoms with E-state index in [0.29, 0.717) is 5.69 Å². The molecule has 0 saturated heterocycles. The highest BCUT2D eigenvalue weighted by atomic mass is 32.2. The van der Waals surface area contributed by atoms with E-state index in [1.165, 1.54) is 24.6 Å². The highest BCUT2D eigenvalue weighted by Crippen LogP contribution is 2.31. The van der Waals surface area contributed by atoms with E-state index in [1.807, 2.05) is 31.2 Å². The maximum absolute atomic E-state index is 13.4. The Kier molecular flexibility index (Phi) is 4.64. The second kappa shape index (κ2) is 7.00. The summed E-state index contributed by atoms with van der Waals surface area (Å²) in [6, 6.07) is 16.9. The van der Waals surface area contributed by atoms with Gasteiger partial charge in [-0.1, -0.05) is 6.07 Å². The molecule has 0 aliphatic heterocycles. The van der Waals surface area contributed by atoms with Crippen LogP contribution in [0.2, 0.25) is 0 Å². The van der Waals surface area contributed by atoms with Crippen molar-refractivity contribution in [2.75, 3.05) is 4.72 Å². The van der Waals surface area contributed by atoms with E-state index in [1.54, 1.807) is 23.5 Å². The lowest BCUT2D eigenvalue weighted by molar-refractivity contribution is 0.598. The lowest BCUT2D eigenvalue weighted by atomic mass is 10.2. The maximum atomic E-state index is 13.4. The highest BCUT2D eigenvalue weighted by Gasteiger charge is 2.16. The Morgan fingerprint density at radius 3 is 2.43 bits per heavy atom. The number of nitrogens with one attached hydrogen (secondary N) is 1. The molecule has 142 valence electrons. The Labute approximate surface area is 166 Å². The van der Waals surface area contributed by atoms with Gasteiger partial charge in [-0.05, 0) is 79.6 Å². The lowest BCUT2D eigenvalue weighted by Crippen LogP contribution is -2.13. The van der Waals surface area contributed by atoms with Crippen molar-refractivity contribution in [3.8, 4) is 10.6 Å². The molecule has 4 nitrogen and oxygen atoms in total. The summed E-state index contributed by atoms with van der Waals surface area (Å²) in [4.78, 5) is 4.66. The molecule has 1 aromatic heterocycles. The fourth-order valence-electron chi connectivity index (χ4n) is 2.83. The molecular weight excluding hydrogens is 395 g/mol. The molecule has 7 heteroatoms. The summed E-state index contributed by atoms with van der Waals surface area (Å²) < 4.78 is 42.1. The molecule has 1 heterocycles. The average molecular weight is 413 g/mol. The zero-order valence-electron chi connectivity index (χ0n) is 15.2. The second-order valence-electron chi connectivity index (χ2n) is 6.58. The minimum atomic E-state index is -3.79. The standard InChI is InChI=1S/C21H17FN2O2S2/c1-13-3-10-19-20(11-13)27-21(23-19)15-4-6-16(7-5-15)24-28(25,26)17-8-9-18(22)14(2)12-17/h3-12,24H,1-2H3. The SMILES string of the molecule is Cc1ccc2nc(-c3ccc(NS(=O)(=O)c4ccc(F)c(C)c4)cc3)sc2c1. The van der Waals surface area contributed by atoms with Crippen LogP contribution in [-0.2, 0) is 10.0 Å². The summed E-state index contributed by atoms with van der Waals surface area (Å²) in [7, 11) is -3.79. The van der Waals surface area contributed by atoms with Crippen LogP contribution in [0.3, 0.4) is 0 Å². The fraction of sp³-hybridized carbons (Fsp3) is 0.0952. The van der Waals surface area contributed by atoms with E-state index in [9.17, 15) is 12.8 Å². The molecule has 1 N–H and O–H groups in total. The van der Waals surface area contributed by atoms with Gasteiger partial charge in [0.25, 0.3) is 10.0 Å². The summed E-state index contributed by atoms with van der Waals surface area (Å²) in [5, 5.41) is 0.879. The molecule has 0 aliphatic carbocycles. The summed E-state index contributed by atoms with van der Waals surface area (Å²) in [6.45, 7) is 3.57. The summed E-state index contributed by atoms with van der Waals surface area (Å²) in [5.41, 5.74) is 3.76. The molecular formula is C21H17FN2O2S2. The van der Waals surface area contributed by atoms with Gasteiger partial charge in [-0.3, -0.25) is 4.72 Å². The number of thiazole rings is 1. The quantitative estimate of drug-likeness (QED) is 0.480. The number of fused-ring (bicyclic) bond motifs is 1. The average Bonchev–Trinajstić information content (AvgIpc) is 3.07. The van der Waals surface area contributed by atoms with Gasteiger partial charge in [-0.25, -0.2) is 17.8 Å². The Hall–Kier alpha value is -2.77. The first-order chi connectivity index (χ1) is 13.3. The summed E-state index contributed by atoms with van der Waals surface area (Å²) in [6.07, 6.45) is 0. The number of halogens is 1. The molecule has 0 amide bonds. The lowest BCUT2D eigenvalue weighted by Gasteiger charge is -2.09. The van der Waals surface area contributed by atoms with Crippen LogP contribution in [0.5, 0.6) is 0 Å². The van der Waals surface area contributed by atoms with Crippen LogP contribution in [0.25, 0.3) is 20.8 Å². The highest BCUT2D eigenvalue weighted by molar-refractivity contribution is 7.92. The largest absolute Gasteiger partial charge is 0.280 e. The first-order valence-electron chi connectivity index (χ1n) is 8.58. The topological polar surface area (TPSA) is 59.1 Å². The monoisotopic (exact) mass is 412 g/mol. The van der Waals surface area contributed by atoms with E-state index in [4.69, 9.17) is 0 Å². The van der Waals surface area contributed by atoms with Crippen LogP contribution in [-0.4, -0.2) is 13.4 Å². The number of hydrogen-bond donors (Lipinski definition) is 1. The first kappa shape index (κ1) is 18.6. The van der Waals surface area contributed by atoms with Crippen LogP contribution in [0.4, 0.5) is 10.1 Å². The van der Waals surface area contributed by atoms with Gasteiger partial charge >= 0.3 is 0 Å². The molecule has 0 radical (unpaired) electrons. The molecule has 4 rings (SSSR count). The van der Waals surface area contributed by atoms with Gasteiger partial charge in [-0.2, -0.15) is 0 Å². The van der Waals surface area contributed by atoms with Crippen molar-refractivity contribution in [2.24, 2.45) is 0 Å². The van der Waals surface area contributed by atoms with Gasteiger partial charge < -0.3 is 0 Å². The number of aromatic nitrogens is 1. The Morgan fingerprint density at radius 2 is 1.71 bits per heavy atom. The molecule has 4 aromatic rings. The third-order valence-electron chi connectivity index (χ3n) is 4.37. The van der Waals surface area contributed by atoms with Gasteiger partial charge in [0, 0.05) is 11.3 Å². The van der Waals surface area contributed by atoms with Crippen LogP contribution >= 0.6 is 11.3 Å². The molecule has 3 aromatic carbocycles. The molecule has 0 unspecified atom stereocenters. The minimum absolute atomic E-state index is 0.0250. The molecule has 28 heavy (non-hydrogen) atoms. The molecule has 0 saturated carbocycles. The van der Waals surface area contributed by atoms with Gasteiger partial charge in [0.2, 0.25) is 0 Å². The van der Waals surface area contributed by atoms with E-state index in [2.05, 4.69) is 15.8 Å². The Bertz CT molecular complexity index is 1280. The maximum Gasteiger partial charge on any atom is 0.261 e. The van der Waals surface area contributed by atoms with Crippen LogP contribution < -0.4 is 4.72 Å². The number of anilines is 1. The molecule has 0 spiro atoms. The summed E-state index contributed by atoms with van der Waals surface area (Å²) >= 11 is 1.60. The van der Waals surface area contributed by atoms with Crippen molar-refractivity contribution in [3.63, 3.8) is 0 Å². The van der Waals surface area contributed by atoms with Crippen molar-refractivity contribution in [1.82, 2.24) is 4.98 Å². The van der Waals surface area contributed by atoms with Crippen LogP contribution in [0, 0.1) is 19.7 Å². The molecule has 0 atom stereocenters. The second-order valence-corrected chi connectivity index (χ2v) is 9.30. The first-order valence-corrected chi connectivity index (χ1v) is 10.9. The molecule has 0 aliphatic rings. The molecule has 0 bridgehead atoms. The number of sulfonamides is 1. The smallest absolute Gasteiger partial charge is 0.261 e. The van der Waals surface area contributed by atoms with E-state index >= 15 is 0 Å². The molecule has 0 fully saturated rings. The number of benzene rings is 3. The van der Waals surface area contributed by atoms with Crippen molar-refractivity contribution in [1.29, 1.82) is 0 Å². The van der Waals surface area contributed by atoms with Gasteiger partial charge in [-0.15, -0.1) is 11.3 Å². The number of rotatable bonds is 4. The van der Waals surface area contributed by atoms with Crippen molar-refractivity contribution in [2.45, 2.75) is 18.7 Å². The number of hydrogen-bond acceptors (Lipinski definition) is 4. The van der Waals surface area contributed by atoms with E-state index in [-0.39, 0.29) is 10.5 Å². The fourth-order valence-corrected chi connectivity index (χ4v) is 5.05. The third-order valence-corrected chi connectivity index (χ3v) is 6.81. The van der Waals surface area contributed by atoms with Gasteiger partial charge in [0.15, 0.2) is 0 Å². The third kappa shape index (κ3) is 3.63. The van der Waals surface area contributed by atoms with Crippen LogP contribution in [0.15, 0.2) is 65.6 Å². The van der Waals surface area contributed by atoms with Crippen molar-refractivity contribution in [3.05, 3.63) is 77.6 Å². The number of nitrogens with zero attached hydrogens (tertiary/aromatic N) is 1. The Morgan fingerprint density at radius 1 is 0.964 bits per heavy atom. The van der Waals surface area contributed by atoms with Crippen molar-refractivity contribution >= 4 is 37.3 Å². The minimum Gasteiger partial charge on any atom is -0.280 e. The van der Waals surface area contributed by atoms with Gasteiger partial charge in [0.05, 0.1) is 15.1 Å². The van der Waals surface area contributed by atoms with E-state index < -0.39 is 15.8 Å². The van der Waals surface area contributed by atoms with E-state index in [0.717, 1.165) is 26.9 Å². The predicted molar refractivity (Wildman–Crippen MR) is 112 cm³/mol. The van der Waals surface area contributed by atoms with Gasteiger partial charge in [0.1, 0.15) is 10.8 Å². The van der Waals surface area contributed by atoms with Crippen molar-refractivity contribution < 1.29 is 12.8 Å². The number of aryl methyl sites for hydroxylation is 2. The zero-order valence-corrected chi connectivity index (χ0v) is 16.9. The normalized spacial score (nSPS) is 11.7.